The van der Waals surface area contributed by atoms with Crippen LogP contribution in [0, 0.1) is 0 Å². The maximum atomic E-state index is 12.2. The molecule has 1 unspecified atom stereocenters. The highest BCUT2D eigenvalue weighted by Crippen LogP contribution is 2.32. The first-order chi connectivity index (χ1) is 7.96. The topological polar surface area (TPSA) is 32.3 Å². The van der Waals surface area contributed by atoms with Gasteiger partial charge < -0.3 is 10.4 Å². The molecule has 2 rings (SSSR count). The average Bonchev–Trinajstić information content (AvgIpc) is 2.25. The van der Waals surface area contributed by atoms with Gasteiger partial charge in [0.1, 0.15) is 5.75 Å². The largest absolute Gasteiger partial charge is 0.508 e. The van der Waals surface area contributed by atoms with Gasteiger partial charge in [-0.25, -0.2) is 0 Å². The minimum Gasteiger partial charge on any atom is -0.508 e. The van der Waals surface area contributed by atoms with E-state index < -0.39 is 12.6 Å². The molecular formula is C12H14F3NO. The first kappa shape index (κ1) is 12.2. The van der Waals surface area contributed by atoms with Crippen LogP contribution in [0.15, 0.2) is 18.2 Å². The molecule has 1 aliphatic heterocycles. The van der Waals surface area contributed by atoms with Gasteiger partial charge in [-0.1, -0.05) is 6.07 Å². The molecule has 2 nitrogen and oxygen atoms in total. The molecular weight excluding hydrogens is 231 g/mol. The molecule has 1 atom stereocenters. The Hall–Kier alpha value is -1.23. The molecule has 1 aromatic carbocycles. The van der Waals surface area contributed by atoms with Crippen molar-refractivity contribution in [2.75, 3.05) is 6.54 Å². The van der Waals surface area contributed by atoms with Crippen molar-refractivity contribution in [1.82, 2.24) is 5.32 Å². The fraction of sp³-hybridized carbons (Fsp3) is 0.500. The van der Waals surface area contributed by atoms with Gasteiger partial charge in [-0.15, -0.1) is 0 Å². The molecule has 0 amide bonds. The second-order valence-electron chi connectivity index (χ2n) is 4.29. The van der Waals surface area contributed by atoms with Gasteiger partial charge in [0.25, 0.3) is 0 Å². The number of phenols is 1. The Labute approximate surface area is 97.5 Å². The summed E-state index contributed by atoms with van der Waals surface area (Å²) < 4.78 is 36.6. The maximum Gasteiger partial charge on any atom is 0.389 e. The number of nitrogens with one attached hydrogen (secondary N) is 1. The summed E-state index contributed by atoms with van der Waals surface area (Å²) in [6.07, 6.45) is -4.13. The van der Waals surface area contributed by atoms with Crippen LogP contribution in [0.4, 0.5) is 13.2 Å². The summed E-state index contributed by atoms with van der Waals surface area (Å²) in [7, 11) is 0. The van der Waals surface area contributed by atoms with Crippen molar-refractivity contribution in [3.05, 3.63) is 29.3 Å². The van der Waals surface area contributed by atoms with E-state index in [0.717, 1.165) is 17.5 Å². The molecule has 0 radical (unpaired) electrons. The van der Waals surface area contributed by atoms with E-state index in [-0.39, 0.29) is 18.2 Å². The molecule has 17 heavy (non-hydrogen) atoms. The SMILES string of the molecule is Oc1ccc2c(c1)C(CCC(F)(F)F)NCC2. The number of aromatic hydroxyl groups is 1. The van der Waals surface area contributed by atoms with Crippen LogP contribution in [0.25, 0.3) is 0 Å². The molecule has 0 aliphatic carbocycles. The van der Waals surface area contributed by atoms with E-state index >= 15 is 0 Å². The van der Waals surface area contributed by atoms with Crippen molar-refractivity contribution >= 4 is 0 Å². The zero-order chi connectivity index (χ0) is 12.5. The Balaban J connectivity index is 2.14. The fourth-order valence-corrected chi connectivity index (χ4v) is 2.19. The van der Waals surface area contributed by atoms with Crippen LogP contribution in [-0.2, 0) is 6.42 Å². The Bertz CT molecular complexity index is 403. The normalized spacial score (nSPS) is 20.1. The standard InChI is InChI=1S/C12H14F3NO/c13-12(14,15)5-3-11-10-7-9(17)2-1-8(10)4-6-16-11/h1-2,7,11,16-17H,3-6H2. The van der Waals surface area contributed by atoms with E-state index in [2.05, 4.69) is 5.32 Å². The zero-order valence-electron chi connectivity index (χ0n) is 9.22. The van der Waals surface area contributed by atoms with Gasteiger partial charge in [0.05, 0.1) is 0 Å². The monoisotopic (exact) mass is 245 g/mol. The second kappa shape index (κ2) is 4.56. The minimum atomic E-state index is -4.13. The molecule has 0 fully saturated rings. The van der Waals surface area contributed by atoms with E-state index in [0.29, 0.717) is 6.54 Å². The third-order valence-corrected chi connectivity index (χ3v) is 3.01. The summed E-state index contributed by atoms with van der Waals surface area (Å²) in [6, 6.07) is 4.60. The highest BCUT2D eigenvalue weighted by Gasteiger charge is 2.30. The Kier molecular flexibility index (Phi) is 3.28. The van der Waals surface area contributed by atoms with Crippen molar-refractivity contribution in [3.63, 3.8) is 0 Å². The van der Waals surface area contributed by atoms with Crippen LogP contribution in [0.2, 0.25) is 0 Å². The summed E-state index contributed by atoms with van der Waals surface area (Å²) in [4.78, 5) is 0. The summed E-state index contributed by atoms with van der Waals surface area (Å²) in [5.74, 6) is 0.101. The lowest BCUT2D eigenvalue weighted by Gasteiger charge is -2.27. The van der Waals surface area contributed by atoms with Crippen LogP contribution >= 0.6 is 0 Å². The number of halogens is 3. The van der Waals surface area contributed by atoms with Gasteiger partial charge in [-0.3, -0.25) is 0 Å². The average molecular weight is 245 g/mol. The number of hydrogen-bond donors (Lipinski definition) is 2. The van der Waals surface area contributed by atoms with Crippen molar-refractivity contribution in [1.29, 1.82) is 0 Å². The Morgan fingerprint density at radius 2 is 2.12 bits per heavy atom. The molecule has 2 N–H and O–H groups in total. The number of phenolic OH excluding ortho intramolecular Hbond substituents is 1. The van der Waals surface area contributed by atoms with Gasteiger partial charge in [0, 0.05) is 12.5 Å². The van der Waals surface area contributed by atoms with Crippen LogP contribution < -0.4 is 5.32 Å². The first-order valence-electron chi connectivity index (χ1n) is 5.57. The molecule has 1 aromatic rings. The number of hydrogen-bond acceptors (Lipinski definition) is 2. The van der Waals surface area contributed by atoms with Gasteiger partial charge in [0.2, 0.25) is 0 Å². The molecule has 1 aliphatic rings. The quantitative estimate of drug-likeness (QED) is 0.839. The van der Waals surface area contributed by atoms with Crippen LogP contribution in [0.1, 0.15) is 30.0 Å². The number of alkyl halides is 3. The molecule has 0 saturated heterocycles. The lowest BCUT2D eigenvalue weighted by Crippen LogP contribution is -2.30. The summed E-state index contributed by atoms with van der Waals surface area (Å²) >= 11 is 0. The van der Waals surface area contributed by atoms with E-state index in [1.54, 1.807) is 18.2 Å². The van der Waals surface area contributed by atoms with E-state index in [1.807, 2.05) is 0 Å². The van der Waals surface area contributed by atoms with Gasteiger partial charge in [-0.2, -0.15) is 13.2 Å². The maximum absolute atomic E-state index is 12.2. The van der Waals surface area contributed by atoms with Crippen molar-refractivity contribution < 1.29 is 18.3 Å². The molecule has 94 valence electrons. The van der Waals surface area contributed by atoms with Crippen LogP contribution in [-0.4, -0.2) is 17.8 Å². The van der Waals surface area contributed by atoms with Crippen LogP contribution in [0.5, 0.6) is 5.75 Å². The van der Waals surface area contributed by atoms with Crippen molar-refractivity contribution in [2.45, 2.75) is 31.5 Å². The lowest BCUT2D eigenvalue weighted by atomic mass is 9.91. The summed E-state index contributed by atoms with van der Waals surface area (Å²) in [5, 5.41) is 12.4. The van der Waals surface area contributed by atoms with E-state index in [9.17, 15) is 18.3 Å². The predicted molar refractivity (Wildman–Crippen MR) is 57.8 cm³/mol. The minimum absolute atomic E-state index is 0.0138. The van der Waals surface area contributed by atoms with E-state index in [1.165, 1.54) is 0 Å². The predicted octanol–water partition coefficient (Wildman–Crippen LogP) is 2.92. The van der Waals surface area contributed by atoms with E-state index in [4.69, 9.17) is 0 Å². The van der Waals surface area contributed by atoms with Gasteiger partial charge >= 0.3 is 6.18 Å². The molecule has 0 saturated carbocycles. The molecule has 1 heterocycles. The molecule has 0 aromatic heterocycles. The third-order valence-electron chi connectivity index (χ3n) is 3.01. The lowest BCUT2D eigenvalue weighted by molar-refractivity contribution is -0.136. The number of benzene rings is 1. The summed E-state index contributed by atoms with van der Waals surface area (Å²) in [6.45, 7) is 0.681. The summed E-state index contributed by atoms with van der Waals surface area (Å²) in [5.41, 5.74) is 1.81. The molecule has 5 heteroatoms. The molecule has 0 spiro atoms. The fourth-order valence-electron chi connectivity index (χ4n) is 2.19. The zero-order valence-corrected chi connectivity index (χ0v) is 9.22. The molecule has 0 bridgehead atoms. The highest BCUT2D eigenvalue weighted by molar-refractivity contribution is 5.38. The van der Waals surface area contributed by atoms with Crippen LogP contribution in [0.3, 0.4) is 0 Å². The Morgan fingerprint density at radius 1 is 1.35 bits per heavy atom. The smallest absolute Gasteiger partial charge is 0.389 e. The van der Waals surface area contributed by atoms with Crippen molar-refractivity contribution in [3.8, 4) is 5.75 Å². The number of fused-ring (bicyclic) bond motifs is 1. The highest BCUT2D eigenvalue weighted by atomic mass is 19.4. The number of rotatable bonds is 2. The van der Waals surface area contributed by atoms with Gasteiger partial charge in [0.15, 0.2) is 0 Å². The first-order valence-corrected chi connectivity index (χ1v) is 5.57. The van der Waals surface area contributed by atoms with Crippen molar-refractivity contribution in [2.24, 2.45) is 0 Å². The third kappa shape index (κ3) is 3.12. The Morgan fingerprint density at radius 3 is 2.82 bits per heavy atom. The van der Waals surface area contributed by atoms with Gasteiger partial charge in [-0.05, 0) is 42.6 Å². The second-order valence-corrected chi connectivity index (χ2v) is 4.29.